The van der Waals surface area contributed by atoms with Gasteiger partial charge < -0.3 is 4.74 Å². The van der Waals surface area contributed by atoms with Gasteiger partial charge in [-0.1, -0.05) is 0 Å². The Hall–Kier alpha value is -1.23. The summed E-state index contributed by atoms with van der Waals surface area (Å²) in [5.74, 6) is 3.70. The molecule has 0 aromatic rings. The molecule has 0 heterocycles. The van der Waals surface area contributed by atoms with Gasteiger partial charge in [0.15, 0.2) is 5.78 Å². The summed E-state index contributed by atoms with van der Waals surface area (Å²) in [7, 11) is 0. The molecule has 2 nitrogen and oxygen atoms in total. The van der Waals surface area contributed by atoms with Crippen LogP contribution in [0.2, 0.25) is 0 Å². The summed E-state index contributed by atoms with van der Waals surface area (Å²) >= 11 is 0. The Balaban J connectivity index is 2.19. The van der Waals surface area contributed by atoms with Crippen LogP contribution in [0.3, 0.4) is 0 Å². The fourth-order valence-corrected chi connectivity index (χ4v) is 1.46. The predicted octanol–water partition coefficient (Wildman–Crippen LogP) is 2.44. The maximum atomic E-state index is 11.2. The zero-order valence-corrected chi connectivity index (χ0v) is 8.64. The molecule has 0 radical (unpaired) electrons. The van der Waals surface area contributed by atoms with Crippen molar-refractivity contribution in [3.8, 4) is 12.3 Å². The summed E-state index contributed by atoms with van der Waals surface area (Å²) in [4.78, 5) is 11.2. The summed E-state index contributed by atoms with van der Waals surface area (Å²) < 4.78 is 5.52. The van der Waals surface area contributed by atoms with E-state index in [1.807, 2.05) is 6.92 Å². The third-order valence-electron chi connectivity index (χ3n) is 2.41. The van der Waals surface area contributed by atoms with Crippen LogP contribution < -0.4 is 0 Å². The Kier molecular flexibility index (Phi) is 4.25. The van der Waals surface area contributed by atoms with E-state index in [1.165, 1.54) is 0 Å². The van der Waals surface area contributed by atoms with Gasteiger partial charge in [-0.2, -0.15) is 0 Å². The molecule has 2 heteroatoms. The highest BCUT2D eigenvalue weighted by Crippen LogP contribution is 2.23. The van der Waals surface area contributed by atoms with Crippen LogP contribution in [-0.2, 0) is 9.53 Å². The molecule has 0 amide bonds. The van der Waals surface area contributed by atoms with Gasteiger partial charge in [-0.25, -0.2) is 0 Å². The van der Waals surface area contributed by atoms with Gasteiger partial charge in [0.25, 0.3) is 0 Å². The van der Waals surface area contributed by atoms with E-state index in [4.69, 9.17) is 11.2 Å². The molecule has 0 fully saturated rings. The van der Waals surface area contributed by atoms with Crippen LogP contribution in [0.1, 0.15) is 39.0 Å². The number of hydrogen-bond donors (Lipinski definition) is 0. The molecular weight excluding hydrogens is 176 g/mol. The molecule has 0 spiro atoms. The zero-order chi connectivity index (χ0) is 10.4. The van der Waals surface area contributed by atoms with E-state index in [0.29, 0.717) is 13.0 Å². The lowest BCUT2D eigenvalue weighted by atomic mass is 10.2. The molecule has 0 atom stereocenters. The largest absolute Gasteiger partial charge is 0.498 e. The first kappa shape index (κ1) is 10.8. The van der Waals surface area contributed by atoms with Crippen molar-refractivity contribution >= 4 is 5.78 Å². The Morgan fingerprint density at radius 1 is 1.43 bits per heavy atom. The van der Waals surface area contributed by atoms with Crippen molar-refractivity contribution < 1.29 is 9.53 Å². The molecule has 0 bridgehead atoms. The Morgan fingerprint density at radius 3 is 2.79 bits per heavy atom. The summed E-state index contributed by atoms with van der Waals surface area (Å²) in [5, 5.41) is 0. The molecule has 0 aliphatic heterocycles. The Bertz CT molecular complexity index is 281. The summed E-state index contributed by atoms with van der Waals surface area (Å²) in [6, 6.07) is 0. The second-order valence-electron chi connectivity index (χ2n) is 3.48. The van der Waals surface area contributed by atoms with E-state index < -0.39 is 0 Å². The second kappa shape index (κ2) is 5.49. The molecule has 0 aromatic heterocycles. The number of ketones is 1. The highest BCUT2D eigenvalue weighted by molar-refractivity contribution is 5.97. The SMILES string of the molecule is C#CCCCCOC1=C(C)C(=O)CC1. The molecule has 1 rings (SSSR count). The van der Waals surface area contributed by atoms with Crippen molar-refractivity contribution in [2.45, 2.75) is 39.0 Å². The Morgan fingerprint density at radius 2 is 2.21 bits per heavy atom. The minimum Gasteiger partial charge on any atom is -0.498 e. The summed E-state index contributed by atoms with van der Waals surface area (Å²) in [6.45, 7) is 2.52. The van der Waals surface area contributed by atoms with Gasteiger partial charge in [0.1, 0.15) is 5.76 Å². The fraction of sp³-hybridized carbons (Fsp3) is 0.583. The average Bonchev–Trinajstić information content (AvgIpc) is 2.49. The van der Waals surface area contributed by atoms with E-state index in [9.17, 15) is 4.79 Å². The first-order valence-electron chi connectivity index (χ1n) is 5.05. The van der Waals surface area contributed by atoms with Crippen LogP contribution in [0, 0.1) is 12.3 Å². The second-order valence-corrected chi connectivity index (χ2v) is 3.48. The van der Waals surface area contributed by atoms with Crippen LogP contribution in [0.4, 0.5) is 0 Å². The van der Waals surface area contributed by atoms with Crippen molar-refractivity contribution in [2.24, 2.45) is 0 Å². The number of terminal acetylenes is 1. The topological polar surface area (TPSA) is 26.3 Å². The lowest BCUT2D eigenvalue weighted by molar-refractivity contribution is -0.114. The van der Waals surface area contributed by atoms with E-state index in [2.05, 4.69) is 5.92 Å². The molecule has 1 aliphatic carbocycles. The number of carbonyl (C=O) groups excluding carboxylic acids is 1. The third kappa shape index (κ3) is 2.92. The van der Waals surface area contributed by atoms with Crippen LogP contribution in [0.5, 0.6) is 0 Å². The van der Waals surface area contributed by atoms with E-state index in [-0.39, 0.29) is 5.78 Å². The standard InChI is InChI=1S/C12H16O2/c1-3-4-5-6-9-14-12-8-7-11(13)10(12)2/h1H,4-9H2,2H3. The smallest absolute Gasteiger partial charge is 0.162 e. The molecule has 1 aliphatic rings. The minimum atomic E-state index is 0.226. The van der Waals surface area contributed by atoms with Gasteiger partial charge in [-0.05, 0) is 19.8 Å². The van der Waals surface area contributed by atoms with Crippen LogP contribution in [-0.4, -0.2) is 12.4 Å². The lowest BCUT2D eigenvalue weighted by Crippen LogP contribution is -1.95. The first-order valence-corrected chi connectivity index (χ1v) is 5.05. The number of carbonyl (C=O) groups is 1. The number of rotatable bonds is 5. The van der Waals surface area contributed by atoms with Crippen LogP contribution in [0.25, 0.3) is 0 Å². The molecule has 0 aromatic carbocycles. The summed E-state index contributed by atoms with van der Waals surface area (Å²) in [5.41, 5.74) is 0.807. The Labute approximate surface area is 85.3 Å². The van der Waals surface area contributed by atoms with Crippen molar-refractivity contribution in [1.29, 1.82) is 0 Å². The molecular formula is C12H16O2. The van der Waals surface area contributed by atoms with Crippen LogP contribution in [0.15, 0.2) is 11.3 Å². The van der Waals surface area contributed by atoms with E-state index in [0.717, 1.165) is 37.0 Å². The normalized spacial score (nSPS) is 15.9. The first-order chi connectivity index (χ1) is 6.75. The quantitative estimate of drug-likeness (QED) is 0.494. The maximum Gasteiger partial charge on any atom is 0.162 e. The highest BCUT2D eigenvalue weighted by atomic mass is 16.5. The van der Waals surface area contributed by atoms with Gasteiger partial charge in [0.05, 0.1) is 6.61 Å². The number of Topliss-reactive ketones (excluding diaryl/α,β-unsaturated/α-hetero) is 1. The van der Waals surface area contributed by atoms with Gasteiger partial charge in [0, 0.05) is 24.8 Å². The van der Waals surface area contributed by atoms with E-state index in [1.54, 1.807) is 0 Å². The van der Waals surface area contributed by atoms with Gasteiger partial charge in [-0.15, -0.1) is 12.3 Å². The number of hydrogen-bond acceptors (Lipinski definition) is 2. The predicted molar refractivity (Wildman–Crippen MR) is 55.6 cm³/mol. The van der Waals surface area contributed by atoms with Gasteiger partial charge in [-0.3, -0.25) is 4.79 Å². The number of ether oxygens (including phenoxy) is 1. The minimum absolute atomic E-state index is 0.226. The van der Waals surface area contributed by atoms with Crippen molar-refractivity contribution in [3.05, 3.63) is 11.3 Å². The number of allylic oxidation sites excluding steroid dienone is 2. The molecule has 0 unspecified atom stereocenters. The molecule has 14 heavy (non-hydrogen) atoms. The lowest BCUT2D eigenvalue weighted by Gasteiger charge is -2.06. The highest BCUT2D eigenvalue weighted by Gasteiger charge is 2.19. The molecule has 0 saturated carbocycles. The van der Waals surface area contributed by atoms with Gasteiger partial charge >= 0.3 is 0 Å². The van der Waals surface area contributed by atoms with Crippen molar-refractivity contribution in [2.75, 3.05) is 6.61 Å². The van der Waals surface area contributed by atoms with Gasteiger partial charge in [0.2, 0.25) is 0 Å². The zero-order valence-electron chi connectivity index (χ0n) is 8.64. The molecule has 0 N–H and O–H groups in total. The third-order valence-corrected chi connectivity index (χ3v) is 2.41. The molecule has 76 valence electrons. The fourth-order valence-electron chi connectivity index (χ4n) is 1.46. The van der Waals surface area contributed by atoms with Crippen molar-refractivity contribution in [3.63, 3.8) is 0 Å². The number of unbranched alkanes of at least 4 members (excludes halogenated alkanes) is 2. The van der Waals surface area contributed by atoms with Crippen LogP contribution >= 0.6 is 0 Å². The molecule has 0 saturated heterocycles. The monoisotopic (exact) mass is 192 g/mol. The van der Waals surface area contributed by atoms with Crippen molar-refractivity contribution in [1.82, 2.24) is 0 Å². The maximum absolute atomic E-state index is 11.2. The average molecular weight is 192 g/mol. The summed E-state index contributed by atoms with van der Waals surface area (Å²) in [6.07, 6.45) is 9.29. The van der Waals surface area contributed by atoms with E-state index >= 15 is 0 Å².